The largest absolute Gasteiger partial charge is 0.522 e. The lowest BCUT2D eigenvalue weighted by Crippen LogP contribution is -2.53. The van der Waals surface area contributed by atoms with E-state index in [9.17, 15) is 18.0 Å². The first kappa shape index (κ1) is 22.7. The zero-order valence-electron chi connectivity index (χ0n) is 17.0. The van der Waals surface area contributed by atoms with Gasteiger partial charge in [0.15, 0.2) is 11.4 Å². The molecule has 0 radical (unpaired) electrons. The quantitative estimate of drug-likeness (QED) is 0.565. The summed E-state index contributed by atoms with van der Waals surface area (Å²) in [6.07, 6.45) is -2.86. The second-order valence-electron chi connectivity index (χ2n) is 6.99. The van der Waals surface area contributed by atoms with E-state index in [2.05, 4.69) is 14.7 Å². The van der Waals surface area contributed by atoms with Crippen molar-refractivity contribution in [1.82, 2.24) is 14.9 Å². The van der Waals surface area contributed by atoms with Crippen molar-refractivity contribution in [3.8, 4) is 11.6 Å². The SMILES string of the molecule is COc1nc(C(=O)N2CC[C@]3(c4nccs4)OCO[C@@H]3C2)ccc1OCCOC(F)(F)F. The number of fused-ring (bicyclic) bond motifs is 1. The summed E-state index contributed by atoms with van der Waals surface area (Å²) in [7, 11) is 1.32. The lowest BCUT2D eigenvalue weighted by Gasteiger charge is -2.40. The summed E-state index contributed by atoms with van der Waals surface area (Å²) in [5.41, 5.74) is -0.548. The molecule has 2 fully saturated rings. The maximum Gasteiger partial charge on any atom is 0.522 e. The molecule has 2 aromatic heterocycles. The Morgan fingerprint density at radius 3 is 2.94 bits per heavy atom. The number of nitrogens with zero attached hydrogens (tertiary/aromatic N) is 3. The molecule has 0 aromatic carbocycles. The van der Waals surface area contributed by atoms with Gasteiger partial charge >= 0.3 is 6.36 Å². The summed E-state index contributed by atoms with van der Waals surface area (Å²) >= 11 is 1.48. The molecule has 2 saturated heterocycles. The molecule has 0 aliphatic carbocycles. The first-order valence-corrected chi connectivity index (χ1v) is 10.5. The van der Waals surface area contributed by atoms with E-state index in [0.717, 1.165) is 5.01 Å². The number of ether oxygens (including phenoxy) is 5. The van der Waals surface area contributed by atoms with Crippen LogP contribution in [0, 0.1) is 0 Å². The highest BCUT2D eigenvalue weighted by atomic mass is 32.1. The Balaban J connectivity index is 1.41. The molecule has 1 amide bonds. The lowest BCUT2D eigenvalue weighted by molar-refractivity contribution is -0.325. The fraction of sp³-hybridized carbons (Fsp3) is 0.526. The molecule has 2 aliphatic heterocycles. The van der Waals surface area contributed by atoms with Gasteiger partial charge < -0.3 is 23.8 Å². The van der Waals surface area contributed by atoms with E-state index in [4.69, 9.17) is 18.9 Å². The van der Waals surface area contributed by atoms with Crippen molar-refractivity contribution in [3.05, 3.63) is 34.4 Å². The third kappa shape index (κ3) is 4.65. The number of amides is 1. The van der Waals surface area contributed by atoms with E-state index in [1.807, 2.05) is 5.38 Å². The number of aromatic nitrogens is 2. The molecule has 2 aliphatic rings. The highest BCUT2D eigenvalue weighted by Gasteiger charge is 2.53. The van der Waals surface area contributed by atoms with Crippen LogP contribution in [0.25, 0.3) is 0 Å². The van der Waals surface area contributed by atoms with Crippen molar-refractivity contribution in [2.45, 2.75) is 24.5 Å². The van der Waals surface area contributed by atoms with Gasteiger partial charge in [0.1, 0.15) is 30.2 Å². The summed E-state index contributed by atoms with van der Waals surface area (Å²) in [4.78, 5) is 23.2. The highest BCUT2D eigenvalue weighted by Crippen LogP contribution is 2.43. The first-order valence-electron chi connectivity index (χ1n) is 9.66. The van der Waals surface area contributed by atoms with E-state index in [0.29, 0.717) is 19.5 Å². The lowest BCUT2D eigenvalue weighted by atomic mass is 9.89. The smallest absolute Gasteiger partial charge is 0.486 e. The van der Waals surface area contributed by atoms with Crippen molar-refractivity contribution in [3.63, 3.8) is 0 Å². The van der Waals surface area contributed by atoms with E-state index < -0.39 is 18.6 Å². The molecule has 0 saturated carbocycles. The molecule has 0 N–H and O–H groups in total. The number of carbonyl (C=O) groups is 1. The van der Waals surface area contributed by atoms with Gasteiger partial charge in [0.05, 0.1) is 20.3 Å². The van der Waals surface area contributed by atoms with Gasteiger partial charge in [-0.2, -0.15) is 0 Å². The highest BCUT2D eigenvalue weighted by molar-refractivity contribution is 7.09. The topological polar surface area (TPSA) is 92.2 Å². The molecule has 0 bridgehead atoms. The van der Waals surface area contributed by atoms with Crippen LogP contribution in [0.3, 0.4) is 0 Å². The van der Waals surface area contributed by atoms with Crippen LogP contribution in [0.2, 0.25) is 0 Å². The van der Waals surface area contributed by atoms with Gasteiger partial charge in [0.2, 0.25) is 0 Å². The van der Waals surface area contributed by atoms with Gasteiger partial charge in [0, 0.05) is 24.5 Å². The van der Waals surface area contributed by atoms with Gasteiger partial charge in [-0.3, -0.25) is 9.53 Å². The van der Waals surface area contributed by atoms with E-state index >= 15 is 0 Å². The number of halogens is 3. The number of hydrogen-bond donors (Lipinski definition) is 0. The molecule has 2 atom stereocenters. The summed E-state index contributed by atoms with van der Waals surface area (Å²) < 4.78 is 61.8. The Morgan fingerprint density at radius 1 is 1.38 bits per heavy atom. The molecule has 13 heteroatoms. The maximum absolute atomic E-state index is 13.0. The molecule has 174 valence electrons. The summed E-state index contributed by atoms with van der Waals surface area (Å²) in [5.74, 6) is -0.250. The van der Waals surface area contributed by atoms with Crippen molar-refractivity contribution in [2.75, 3.05) is 40.2 Å². The van der Waals surface area contributed by atoms with Gasteiger partial charge in [-0.05, 0) is 12.1 Å². The molecular weight excluding hydrogens is 455 g/mol. The Labute approximate surface area is 185 Å². The molecule has 32 heavy (non-hydrogen) atoms. The molecular formula is C19H20F3N3O6S. The standard InChI is InChI=1S/C19H20F3N3O6S/c1-27-15-13(28-7-8-30-19(20,21)22)3-2-12(24-15)16(26)25-6-4-18(17-23-5-9-32-17)14(10-25)29-11-31-18/h2-3,5,9,14H,4,6-8,10-11H2,1H3/t14-,18+/m1/s1. The monoisotopic (exact) mass is 475 g/mol. The minimum Gasteiger partial charge on any atom is -0.486 e. The Morgan fingerprint density at radius 2 is 2.22 bits per heavy atom. The number of carbonyl (C=O) groups excluding carboxylic acids is 1. The van der Waals surface area contributed by atoms with E-state index in [1.165, 1.54) is 30.6 Å². The van der Waals surface area contributed by atoms with Crippen molar-refractivity contribution >= 4 is 17.2 Å². The van der Waals surface area contributed by atoms with Crippen LogP contribution >= 0.6 is 11.3 Å². The van der Waals surface area contributed by atoms with Crippen molar-refractivity contribution in [1.29, 1.82) is 0 Å². The van der Waals surface area contributed by atoms with E-state index in [-0.39, 0.29) is 42.7 Å². The third-order valence-corrected chi connectivity index (χ3v) is 6.10. The Hall–Kier alpha value is -2.48. The summed E-state index contributed by atoms with van der Waals surface area (Å²) in [5, 5.41) is 2.69. The van der Waals surface area contributed by atoms with E-state index in [1.54, 1.807) is 11.1 Å². The molecule has 2 aromatic rings. The second-order valence-corrected chi connectivity index (χ2v) is 7.89. The zero-order valence-corrected chi connectivity index (χ0v) is 17.8. The molecule has 0 spiro atoms. The number of thiazole rings is 1. The van der Waals surface area contributed by atoms with Crippen LogP contribution < -0.4 is 9.47 Å². The predicted molar refractivity (Wildman–Crippen MR) is 103 cm³/mol. The second kappa shape index (κ2) is 9.17. The minimum absolute atomic E-state index is 0.0162. The molecule has 4 rings (SSSR count). The Bertz CT molecular complexity index is 945. The van der Waals surface area contributed by atoms with Crippen molar-refractivity contribution < 1.29 is 41.7 Å². The van der Waals surface area contributed by atoms with Crippen LogP contribution in [0.4, 0.5) is 13.2 Å². The fourth-order valence-corrected chi connectivity index (χ4v) is 4.54. The number of pyridine rings is 1. The average molecular weight is 475 g/mol. The van der Waals surface area contributed by atoms with Gasteiger partial charge in [-0.15, -0.1) is 24.5 Å². The van der Waals surface area contributed by atoms with Crippen LogP contribution in [0.5, 0.6) is 11.6 Å². The third-order valence-electron chi connectivity index (χ3n) is 5.17. The minimum atomic E-state index is -4.73. The number of piperidine rings is 1. The fourth-order valence-electron chi connectivity index (χ4n) is 3.67. The number of methoxy groups -OCH3 is 1. The van der Waals surface area contributed by atoms with Crippen LogP contribution in [0.1, 0.15) is 21.9 Å². The predicted octanol–water partition coefficient (Wildman–Crippen LogP) is 2.58. The number of hydrogen-bond acceptors (Lipinski definition) is 9. The van der Waals surface area contributed by atoms with Crippen molar-refractivity contribution in [2.24, 2.45) is 0 Å². The molecule has 0 unspecified atom stereocenters. The average Bonchev–Trinajstić information content (AvgIpc) is 3.45. The number of rotatable bonds is 7. The van der Waals surface area contributed by atoms with Crippen LogP contribution in [-0.4, -0.2) is 73.4 Å². The zero-order chi connectivity index (χ0) is 22.8. The van der Waals surface area contributed by atoms with Gasteiger partial charge in [0.25, 0.3) is 11.8 Å². The summed E-state index contributed by atoms with van der Waals surface area (Å²) in [6, 6.07) is 2.85. The number of alkyl halides is 3. The first-order chi connectivity index (χ1) is 15.3. The van der Waals surface area contributed by atoms with Crippen LogP contribution in [0.15, 0.2) is 23.7 Å². The normalized spacial score (nSPS) is 23.1. The molecule has 9 nitrogen and oxygen atoms in total. The van der Waals surface area contributed by atoms with Gasteiger partial charge in [-0.1, -0.05) is 0 Å². The maximum atomic E-state index is 13.0. The number of likely N-dealkylation sites (tertiary alicyclic amines) is 1. The van der Waals surface area contributed by atoms with Crippen LogP contribution in [-0.2, 0) is 19.8 Å². The van der Waals surface area contributed by atoms with Gasteiger partial charge in [-0.25, -0.2) is 9.97 Å². The Kier molecular flexibility index (Phi) is 6.51. The summed E-state index contributed by atoms with van der Waals surface area (Å²) in [6.45, 7) is -0.215. The molecule has 4 heterocycles.